The monoisotopic (exact) mass is 256 g/mol. The number of hydrogen-bond donors (Lipinski definition) is 5. The van der Waals surface area contributed by atoms with E-state index in [0.717, 1.165) is 0 Å². The van der Waals surface area contributed by atoms with Crippen molar-refractivity contribution in [3.63, 3.8) is 0 Å². The minimum absolute atomic E-state index is 0.340. The number of nitrogens with one attached hydrogen (secondary N) is 3. The van der Waals surface area contributed by atoms with Crippen LogP contribution in [0.4, 0.5) is 4.79 Å². The second-order valence-electron chi connectivity index (χ2n) is 3.63. The number of rotatable bonds is 6. The normalized spacial score (nSPS) is 13.7. The zero-order valence-corrected chi connectivity index (χ0v) is 9.88. The number of carbonyl (C=O) groups excluding carboxylic acids is 1. The van der Waals surface area contributed by atoms with E-state index in [9.17, 15) is 9.59 Å². The Kier molecular flexibility index (Phi) is 5.12. The first-order chi connectivity index (χ1) is 8.58. The third kappa shape index (κ3) is 3.74. The first-order valence-electron chi connectivity index (χ1n) is 5.48. The van der Waals surface area contributed by atoms with E-state index < -0.39 is 24.6 Å². The lowest BCUT2D eigenvalue weighted by Gasteiger charge is -2.17. The van der Waals surface area contributed by atoms with Gasteiger partial charge < -0.3 is 25.8 Å². The van der Waals surface area contributed by atoms with Crippen LogP contribution in [0.2, 0.25) is 0 Å². The van der Waals surface area contributed by atoms with Gasteiger partial charge in [-0.2, -0.15) is 0 Å². The van der Waals surface area contributed by atoms with Crippen LogP contribution in [0.1, 0.15) is 25.2 Å². The third-order valence-electron chi connectivity index (χ3n) is 2.35. The van der Waals surface area contributed by atoms with Crippen LogP contribution in [0.3, 0.4) is 0 Å². The highest BCUT2D eigenvalue weighted by molar-refractivity contribution is 5.82. The van der Waals surface area contributed by atoms with Gasteiger partial charge in [0.05, 0.1) is 12.6 Å². The highest BCUT2D eigenvalue weighted by Gasteiger charge is 2.21. The molecule has 1 heterocycles. The Labute approximate surface area is 103 Å². The molecule has 0 aliphatic carbocycles. The maximum absolute atomic E-state index is 11.5. The second kappa shape index (κ2) is 6.60. The summed E-state index contributed by atoms with van der Waals surface area (Å²) in [6.45, 7) is 1.19. The highest BCUT2D eigenvalue weighted by Crippen LogP contribution is 2.10. The van der Waals surface area contributed by atoms with Crippen molar-refractivity contribution in [2.24, 2.45) is 0 Å². The summed E-state index contributed by atoms with van der Waals surface area (Å²) >= 11 is 0. The lowest BCUT2D eigenvalue weighted by atomic mass is 10.2. The van der Waals surface area contributed by atoms with Gasteiger partial charge in [0.25, 0.3) is 0 Å². The van der Waals surface area contributed by atoms with E-state index in [4.69, 9.17) is 10.2 Å². The maximum atomic E-state index is 11.5. The fourth-order valence-electron chi connectivity index (χ4n) is 1.38. The van der Waals surface area contributed by atoms with Crippen molar-refractivity contribution in [1.29, 1.82) is 0 Å². The van der Waals surface area contributed by atoms with Crippen molar-refractivity contribution >= 4 is 12.0 Å². The Hall–Kier alpha value is -2.09. The van der Waals surface area contributed by atoms with Crippen molar-refractivity contribution < 1.29 is 19.8 Å². The zero-order chi connectivity index (χ0) is 13.5. The molecule has 5 N–H and O–H groups in total. The molecule has 1 rings (SSSR count). The van der Waals surface area contributed by atoms with Gasteiger partial charge in [-0.1, -0.05) is 6.92 Å². The van der Waals surface area contributed by atoms with Crippen LogP contribution in [-0.2, 0) is 4.79 Å². The molecule has 0 fully saturated rings. The number of aliphatic carboxylic acids is 1. The Bertz CT molecular complexity index is 393. The lowest BCUT2D eigenvalue weighted by molar-refractivity contribution is -0.140. The van der Waals surface area contributed by atoms with E-state index in [1.807, 2.05) is 6.92 Å². The topological polar surface area (TPSA) is 127 Å². The molecule has 0 bridgehead atoms. The summed E-state index contributed by atoms with van der Waals surface area (Å²) in [6.07, 6.45) is 3.79. The van der Waals surface area contributed by atoms with Crippen LogP contribution >= 0.6 is 0 Å². The number of H-pyrrole nitrogens is 1. The predicted octanol–water partition coefficient (Wildman–Crippen LogP) is -0.394. The fraction of sp³-hybridized carbons (Fsp3) is 0.500. The first kappa shape index (κ1) is 14.0. The van der Waals surface area contributed by atoms with Gasteiger partial charge >= 0.3 is 12.0 Å². The summed E-state index contributed by atoms with van der Waals surface area (Å²) in [4.78, 5) is 29.0. The van der Waals surface area contributed by atoms with Crippen molar-refractivity contribution in [1.82, 2.24) is 20.6 Å². The molecular weight excluding hydrogens is 240 g/mol. The molecule has 0 aliphatic heterocycles. The molecule has 1 aromatic rings. The molecule has 0 aromatic carbocycles. The van der Waals surface area contributed by atoms with Gasteiger partial charge in [-0.25, -0.2) is 14.6 Å². The number of aromatic amines is 1. The number of aliphatic hydroxyl groups excluding tert-OH is 1. The van der Waals surface area contributed by atoms with Crippen molar-refractivity contribution in [2.75, 3.05) is 6.61 Å². The van der Waals surface area contributed by atoms with E-state index in [0.29, 0.717) is 12.2 Å². The van der Waals surface area contributed by atoms with Gasteiger partial charge in [0.2, 0.25) is 0 Å². The van der Waals surface area contributed by atoms with Crippen LogP contribution in [-0.4, -0.2) is 44.8 Å². The molecule has 1 aromatic heterocycles. The average Bonchev–Trinajstić information content (AvgIpc) is 2.86. The molecule has 0 radical (unpaired) electrons. The second-order valence-corrected chi connectivity index (χ2v) is 3.63. The summed E-state index contributed by atoms with van der Waals surface area (Å²) in [5, 5.41) is 22.2. The standard InChI is InChI=1S/C10H16N4O4/c1-2-6(8-11-3-4-12-8)13-10(18)14-7(5-15)9(16)17/h3-4,6-7,15H,2,5H2,1H3,(H,11,12)(H,16,17)(H2,13,14,18)/t6?,7-/m1/s1. The number of urea groups is 1. The molecular formula is C10H16N4O4. The molecule has 0 spiro atoms. The molecule has 8 nitrogen and oxygen atoms in total. The highest BCUT2D eigenvalue weighted by atomic mass is 16.4. The van der Waals surface area contributed by atoms with Gasteiger partial charge in [0, 0.05) is 12.4 Å². The summed E-state index contributed by atoms with van der Waals surface area (Å²) < 4.78 is 0. The molecule has 100 valence electrons. The molecule has 8 heteroatoms. The van der Waals surface area contributed by atoms with E-state index in [1.54, 1.807) is 12.4 Å². The van der Waals surface area contributed by atoms with Crippen LogP contribution in [0.25, 0.3) is 0 Å². The average molecular weight is 256 g/mol. The Balaban J connectivity index is 2.55. The number of carbonyl (C=O) groups is 2. The van der Waals surface area contributed by atoms with Gasteiger partial charge in [-0.15, -0.1) is 0 Å². The molecule has 2 atom stereocenters. The number of imidazole rings is 1. The number of hydrogen-bond acceptors (Lipinski definition) is 4. The largest absolute Gasteiger partial charge is 0.480 e. The minimum atomic E-state index is -1.32. The number of aliphatic hydroxyl groups is 1. The van der Waals surface area contributed by atoms with E-state index >= 15 is 0 Å². The quantitative estimate of drug-likeness (QED) is 0.473. The Morgan fingerprint density at radius 2 is 2.22 bits per heavy atom. The number of aromatic nitrogens is 2. The van der Waals surface area contributed by atoms with Crippen LogP contribution < -0.4 is 10.6 Å². The summed E-state index contributed by atoms with van der Waals surface area (Å²) in [5.41, 5.74) is 0. The van der Waals surface area contributed by atoms with Gasteiger partial charge in [0.15, 0.2) is 6.04 Å². The van der Waals surface area contributed by atoms with Gasteiger partial charge in [0.1, 0.15) is 5.82 Å². The number of carboxylic acid groups (broad SMARTS) is 1. The molecule has 0 saturated carbocycles. The third-order valence-corrected chi connectivity index (χ3v) is 2.35. The predicted molar refractivity (Wildman–Crippen MR) is 61.8 cm³/mol. The summed E-state index contributed by atoms with van der Waals surface area (Å²) in [5.74, 6) is -0.706. The smallest absolute Gasteiger partial charge is 0.328 e. The van der Waals surface area contributed by atoms with Crippen LogP contribution in [0.15, 0.2) is 12.4 Å². The molecule has 2 amide bonds. The summed E-state index contributed by atoms with van der Waals surface area (Å²) in [7, 11) is 0. The molecule has 18 heavy (non-hydrogen) atoms. The maximum Gasteiger partial charge on any atom is 0.328 e. The molecule has 0 saturated heterocycles. The van der Waals surface area contributed by atoms with E-state index in [2.05, 4.69) is 20.6 Å². The van der Waals surface area contributed by atoms with E-state index in [1.165, 1.54) is 0 Å². The zero-order valence-electron chi connectivity index (χ0n) is 9.88. The number of carboxylic acids is 1. The number of nitrogens with zero attached hydrogens (tertiary/aromatic N) is 1. The van der Waals surface area contributed by atoms with Crippen molar-refractivity contribution in [3.8, 4) is 0 Å². The summed E-state index contributed by atoms with van der Waals surface area (Å²) in [6, 6.07) is -2.33. The van der Waals surface area contributed by atoms with Crippen LogP contribution in [0.5, 0.6) is 0 Å². The SMILES string of the molecule is CCC(NC(=O)N[C@H](CO)C(=O)O)c1ncc[nH]1. The van der Waals surface area contributed by atoms with Crippen LogP contribution in [0, 0.1) is 0 Å². The van der Waals surface area contributed by atoms with Crippen molar-refractivity contribution in [3.05, 3.63) is 18.2 Å². The van der Waals surface area contributed by atoms with Gasteiger partial charge in [-0.3, -0.25) is 0 Å². The van der Waals surface area contributed by atoms with Crippen molar-refractivity contribution in [2.45, 2.75) is 25.4 Å². The Morgan fingerprint density at radius 3 is 2.67 bits per heavy atom. The Morgan fingerprint density at radius 1 is 1.50 bits per heavy atom. The van der Waals surface area contributed by atoms with Gasteiger partial charge in [-0.05, 0) is 6.42 Å². The lowest BCUT2D eigenvalue weighted by Crippen LogP contribution is -2.48. The molecule has 1 unspecified atom stereocenters. The fourth-order valence-corrected chi connectivity index (χ4v) is 1.38. The first-order valence-corrected chi connectivity index (χ1v) is 5.48. The molecule has 0 aliphatic rings. The minimum Gasteiger partial charge on any atom is -0.480 e. The van der Waals surface area contributed by atoms with E-state index in [-0.39, 0.29) is 6.04 Å². The number of amides is 2.